The summed E-state index contributed by atoms with van der Waals surface area (Å²) in [5.41, 5.74) is 0.272. The van der Waals surface area contributed by atoms with Gasteiger partial charge in [-0.25, -0.2) is 9.78 Å². The van der Waals surface area contributed by atoms with Gasteiger partial charge in [0, 0.05) is 17.8 Å². The van der Waals surface area contributed by atoms with E-state index in [2.05, 4.69) is 20.6 Å². The van der Waals surface area contributed by atoms with Crippen LogP contribution in [-0.4, -0.2) is 22.0 Å². The van der Waals surface area contributed by atoms with Crippen LogP contribution >= 0.6 is 0 Å². The number of hydrogen-bond acceptors (Lipinski definition) is 3. The third-order valence-corrected chi connectivity index (χ3v) is 2.09. The van der Waals surface area contributed by atoms with Gasteiger partial charge in [0.15, 0.2) is 0 Å². The molecule has 1 atom stereocenters. The molecule has 1 unspecified atom stereocenters. The molecule has 0 radical (unpaired) electrons. The van der Waals surface area contributed by atoms with Crippen LogP contribution in [0.1, 0.15) is 26.0 Å². The van der Waals surface area contributed by atoms with Crippen LogP contribution in [0.5, 0.6) is 0 Å². The fraction of sp³-hybridized carbons (Fsp3) is 0.500. The Hall–Kier alpha value is -1.85. The molecule has 0 aromatic carbocycles. The van der Waals surface area contributed by atoms with Crippen LogP contribution in [0, 0.1) is 6.92 Å². The quantitative estimate of drug-likeness (QED) is 0.715. The molecule has 3 N–H and O–H groups in total. The van der Waals surface area contributed by atoms with E-state index < -0.39 is 0 Å². The summed E-state index contributed by atoms with van der Waals surface area (Å²) in [5, 5.41) is 5.18. The average Bonchev–Trinajstić information content (AvgIpc) is 2.15. The van der Waals surface area contributed by atoms with Gasteiger partial charge in [-0.15, -0.1) is 0 Å². The van der Waals surface area contributed by atoms with Gasteiger partial charge in [-0.3, -0.25) is 15.1 Å². The van der Waals surface area contributed by atoms with E-state index in [4.69, 9.17) is 0 Å². The van der Waals surface area contributed by atoms with E-state index in [0.717, 1.165) is 6.42 Å². The number of nitrogens with one attached hydrogen (secondary N) is 3. The highest BCUT2D eigenvalue weighted by atomic mass is 16.2. The second kappa shape index (κ2) is 5.29. The lowest BCUT2D eigenvalue weighted by atomic mass is 10.3. The van der Waals surface area contributed by atoms with Crippen molar-refractivity contribution in [2.75, 3.05) is 5.32 Å². The van der Waals surface area contributed by atoms with E-state index in [1.807, 2.05) is 13.8 Å². The van der Waals surface area contributed by atoms with Crippen molar-refractivity contribution in [1.82, 2.24) is 15.3 Å². The molecule has 0 aliphatic rings. The minimum Gasteiger partial charge on any atom is -0.335 e. The maximum Gasteiger partial charge on any atom is 0.321 e. The molecule has 0 saturated carbocycles. The smallest absolute Gasteiger partial charge is 0.321 e. The fourth-order valence-electron chi connectivity index (χ4n) is 1.11. The molecule has 1 aromatic heterocycles. The van der Waals surface area contributed by atoms with Crippen molar-refractivity contribution in [2.45, 2.75) is 33.2 Å². The average molecular weight is 224 g/mol. The van der Waals surface area contributed by atoms with Crippen molar-refractivity contribution >= 4 is 12.0 Å². The van der Waals surface area contributed by atoms with E-state index in [0.29, 0.717) is 5.69 Å². The van der Waals surface area contributed by atoms with Crippen LogP contribution in [0.3, 0.4) is 0 Å². The molecule has 16 heavy (non-hydrogen) atoms. The Bertz CT molecular complexity index is 427. The minimum atomic E-state index is -0.372. The van der Waals surface area contributed by atoms with Crippen LogP contribution in [0.4, 0.5) is 10.7 Å². The predicted molar refractivity (Wildman–Crippen MR) is 61.5 cm³/mol. The van der Waals surface area contributed by atoms with E-state index >= 15 is 0 Å². The van der Waals surface area contributed by atoms with Gasteiger partial charge in [-0.1, -0.05) is 6.92 Å². The van der Waals surface area contributed by atoms with Crippen LogP contribution in [0.25, 0.3) is 0 Å². The zero-order valence-electron chi connectivity index (χ0n) is 9.63. The lowest BCUT2D eigenvalue weighted by Gasteiger charge is -2.11. The lowest BCUT2D eigenvalue weighted by molar-refractivity contribution is 0.249. The Morgan fingerprint density at radius 2 is 2.31 bits per heavy atom. The summed E-state index contributed by atoms with van der Waals surface area (Å²) >= 11 is 0. The molecule has 0 aliphatic carbocycles. The summed E-state index contributed by atoms with van der Waals surface area (Å²) in [6.45, 7) is 5.55. The van der Waals surface area contributed by atoms with Crippen molar-refractivity contribution in [3.05, 3.63) is 22.1 Å². The standard InChI is InChI=1S/C10H16N4O2/c1-4-6(2)12-10(16)14-9-11-7(3)5-8(15)13-9/h5-6H,4H2,1-3H3,(H3,11,12,13,14,15,16). The summed E-state index contributed by atoms with van der Waals surface area (Å²) in [6, 6.07) is 1.07. The Morgan fingerprint density at radius 1 is 1.62 bits per heavy atom. The van der Waals surface area contributed by atoms with Crippen molar-refractivity contribution in [3.63, 3.8) is 0 Å². The Balaban J connectivity index is 2.66. The number of aromatic nitrogens is 2. The molecule has 1 aromatic rings. The van der Waals surface area contributed by atoms with Gasteiger partial charge in [0.05, 0.1) is 0 Å². The van der Waals surface area contributed by atoms with E-state index in [-0.39, 0.29) is 23.6 Å². The molecule has 88 valence electrons. The van der Waals surface area contributed by atoms with Gasteiger partial charge in [0.1, 0.15) is 0 Å². The highest BCUT2D eigenvalue weighted by molar-refractivity contribution is 5.87. The topological polar surface area (TPSA) is 86.9 Å². The zero-order chi connectivity index (χ0) is 12.1. The zero-order valence-corrected chi connectivity index (χ0v) is 9.63. The molecule has 0 aliphatic heterocycles. The third-order valence-electron chi connectivity index (χ3n) is 2.09. The Morgan fingerprint density at radius 3 is 2.88 bits per heavy atom. The molecule has 6 nitrogen and oxygen atoms in total. The lowest BCUT2D eigenvalue weighted by Crippen LogP contribution is -2.36. The van der Waals surface area contributed by atoms with Crippen molar-refractivity contribution in [3.8, 4) is 0 Å². The number of hydrogen-bond donors (Lipinski definition) is 3. The molecule has 0 saturated heterocycles. The largest absolute Gasteiger partial charge is 0.335 e. The van der Waals surface area contributed by atoms with Crippen LogP contribution in [0.2, 0.25) is 0 Å². The summed E-state index contributed by atoms with van der Waals surface area (Å²) in [4.78, 5) is 28.9. The monoisotopic (exact) mass is 224 g/mol. The van der Waals surface area contributed by atoms with E-state index in [1.165, 1.54) is 6.07 Å². The predicted octanol–water partition coefficient (Wildman–Crippen LogP) is 0.998. The molecule has 6 heteroatoms. The summed E-state index contributed by atoms with van der Waals surface area (Å²) < 4.78 is 0. The third kappa shape index (κ3) is 3.72. The number of carbonyl (C=O) groups is 1. The van der Waals surface area contributed by atoms with Gasteiger partial charge in [-0.2, -0.15) is 0 Å². The molecular weight excluding hydrogens is 208 g/mol. The number of carbonyl (C=O) groups excluding carboxylic acids is 1. The summed E-state index contributed by atoms with van der Waals surface area (Å²) in [7, 11) is 0. The summed E-state index contributed by atoms with van der Waals surface area (Å²) in [6.07, 6.45) is 0.838. The van der Waals surface area contributed by atoms with E-state index in [9.17, 15) is 9.59 Å². The van der Waals surface area contributed by atoms with E-state index in [1.54, 1.807) is 6.92 Å². The number of aromatic amines is 1. The Kier molecular flexibility index (Phi) is 4.04. The first-order chi connectivity index (χ1) is 7.51. The van der Waals surface area contributed by atoms with Crippen molar-refractivity contribution in [1.29, 1.82) is 0 Å². The van der Waals surface area contributed by atoms with Gasteiger partial charge >= 0.3 is 6.03 Å². The SMILES string of the molecule is CCC(C)NC(=O)Nc1nc(C)cc(=O)[nH]1. The molecule has 0 fully saturated rings. The van der Waals surface area contributed by atoms with Gasteiger partial charge < -0.3 is 5.32 Å². The highest BCUT2D eigenvalue weighted by Gasteiger charge is 2.06. The number of rotatable bonds is 3. The minimum absolute atomic E-state index is 0.0801. The molecular formula is C10H16N4O2. The second-order valence-corrected chi connectivity index (χ2v) is 3.64. The number of anilines is 1. The first kappa shape index (κ1) is 12.2. The first-order valence-corrected chi connectivity index (χ1v) is 5.16. The first-order valence-electron chi connectivity index (χ1n) is 5.16. The number of aryl methyl sites for hydroxylation is 1. The fourth-order valence-corrected chi connectivity index (χ4v) is 1.11. The van der Waals surface area contributed by atoms with Gasteiger partial charge in [0.25, 0.3) is 5.56 Å². The maximum absolute atomic E-state index is 11.4. The molecule has 2 amide bonds. The molecule has 1 heterocycles. The van der Waals surface area contributed by atoms with Crippen molar-refractivity contribution in [2.24, 2.45) is 0 Å². The summed E-state index contributed by atoms with van der Waals surface area (Å²) in [5.74, 6) is 0.158. The highest BCUT2D eigenvalue weighted by Crippen LogP contribution is 1.96. The van der Waals surface area contributed by atoms with Crippen LogP contribution < -0.4 is 16.2 Å². The number of H-pyrrole nitrogens is 1. The number of urea groups is 1. The normalized spacial score (nSPS) is 11.9. The van der Waals surface area contributed by atoms with Crippen LogP contribution in [-0.2, 0) is 0 Å². The molecule has 0 spiro atoms. The molecule has 1 rings (SSSR count). The van der Waals surface area contributed by atoms with Crippen LogP contribution in [0.15, 0.2) is 10.9 Å². The number of amides is 2. The second-order valence-electron chi connectivity index (χ2n) is 3.64. The van der Waals surface area contributed by atoms with Crippen molar-refractivity contribution < 1.29 is 4.79 Å². The number of nitrogens with zero attached hydrogens (tertiary/aromatic N) is 1. The Labute approximate surface area is 93.5 Å². The van der Waals surface area contributed by atoms with Gasteiger partial charge in [-0.05, 0) is 20.3 Å². The maximum atomic E-state index is 11.4. The van der Waals surface area contributed by atoms with Gasteiger partial charge in [0.2, 0.25) is 5.95 Å². The molecule has 0 bridgehead atoms.